The Balaban J connectivity index is 0.000000151. The first kappa shape index (κ1) is 18.0. The van der Waals surface area contributed by atoms with Crippen LogP contribution in [0, 0.1) is 0 Å². The molecule has 136 valence electrons. The third kappa shape index (κ3) is 3.74. The van der Waals surface area contributed by atoms with E-state index in [1.807, 2.05) is 24.3 Å². The third-order valence-electron chi connectivity index (χ3n) is 4.21. The Kier molecular flexibility index (Phi) is 4.52. The van der Waals surface area contributed by atoms with Crippen molar-refractivity contribution in [3.8, 4) is 0 Å². The van der Waals surface area contributed by atoms with Crippen LogP contribution in [0.15, 0.2) is 45.7 Å². The van der Waals surface area contributed by atoms with Crippen LogP contribution >= 0.6 is 0 Å². The molecule has 0 bridgehead atoms. The molecule has 26 heavy (non-hydrogen) atoms. The van der Waals surface area contributed by atoms with Gasteiger partial charge in [-0.2, -0.15) is 0 Å². The lowest BCUT2D eigenvalue weighted by Crippen LogP contribution is -2.11. The molecule has 0 unspecified atom stereocenters. The van der Waals surface area contributed by atoms with E-state index in [0.717, 1.165) is 22.1 Å². The quantitative estimate of drug-likeness (QED) is 0.441. The van der Waals surface area contributed by atoms with Crippen molar-refractivity contribution in [2.45, 2.75) is 52.4 Å². The summed E-state index contributed by atoms with van der Waals surface area (Å²) in [7, 11) is 0. The van der Waals surface area contributed by atoms with Crippen molar-refractivity contribution in [2.75, 3.05) is 0 Å². The number of benzene rings is 2. The summed E-state index contributed by atoms with van der Waals surface area (Å²) >= 11 is 0. The van der Waals surface area contributed by atoms with E-state index in [0.29, 0.717) is 0 Å². The van der Waals surface area contributed by atoms with E-state index in [1.54, 1.807) is 0 Å². The highest BCUT2D eigenvalue weighted by Crippen LogP contribution is 2.27. The number of rotatable bonds is 0. The van der Waals surface area contributed by atoms with Crippen LogP contribution in [0.5, 0.6) is 0 Å². The Morgan fingerprint density at radius 1 is 0.654 bits per heavy atom. The summed E-state index contributed by atoms with van der Waals surface area (Å²) in [5.41, 5.74) is 5.98. The van der Waals surface area contributed by atoms with E-state index in [1.165, 1.54) is 11.1 Å². The van der Waals surface area contributed by atoms with Crippen molar-refractivity contribution in [1.82, 2.24) is 20.6 Å². The predicted molar refractivity (Wildman–Crippen MR) is 101 cm³/mol. The second-order valence-corrected chi connectivity index (χ2v) is 8.41. The smallest absolute Gasteiger partial charge is 0.138 e. The maximum atomic E-state index is 4.70. The van der Waals surface area contributed by atoms with Crippen LogP contribution in [0.2, 0.25) is 0 Å². The van der Waals surface area contributed by atoms with Crippen LogP contribution in [-0.2, 0) is 10.8 Å². The Hall–Kier alpha value is -2.76. The molecule has 4 aromatic rings. The summed E-state index contributed by atoms with van der Waals surface area (Å²) in [5.74, 6) is 0. The van der Waals surface area contributed by atoms with Crippen molar-refractivity contribution < 1.29 is 9.26 Å². The van der Waals surface area contributed by atoms with Gasteiger partial charge in [0.15, 0.2) is 0 Å². The number of hydrogen-bond donors (Lipinski definition) is 0. The van der Waals surface area contributed by atoms with Crippen molar-refractivity contribution in [1.29, 1.82) is 0 Å². The molecule has 2 aromatic heterocycles. The Morgan fingerprint density at radius 2 is 1.31 bits per heavy atom. The Morgan fingerprint density at radius 3 is 2.00 bits per heavy atom. The summed E-state index contributed by atoms with van der Waals surface area (Å²) in [5, 5.41) is 15.3. The van der Waals surface area contributed by atoms with Crippen molar-refractivity contribution >= 4 is 22.1 Å². The molecule has 6 heteroatoms. The van der Waals surface area contributed by atoms with Gasteiger partial charge in [-0.1, -0.05) is 59.7 Å². The highest BCUT2D eigenvalue weighted by molar-refractivity contribution is 5.78. The summed E-state index contributed by atoms with van der Waals surface area (Å²) in [6.07, 6.45) is 0. The summed E-state index contributed by atoms with van der Waals surface area (Å²) < 4.78 is 9.33. The zero-order valence-electron chi connectivity index (χ0n) is 16.1. The Bertz CT molecular complexity index is 1020. The number of fused-ring (bicyclic) bond motifs is 2. The fraction of sp³-hybridized carbons (Fsp3) is 0.400. The van der Waals surface area contributed by atoms with Crippen molar-refractivity contribution in [3.63, 3.8) is 0 Å². The predicted octanol–water partition coefficient (Wildman–Crippen LogP) is 5.04. The Labute approximate surface area is 152 Å². The van der Waals surface area contributed by atoms with Gasteiger partial charge in [-0.3, -0.25) is 0 Å². The molecule has 6 nitrogen and oxygen atoms in total. The lowest BCUT2D eigenvalue weighted by molar-refractivity contribution is 0.315. The van der Waals surface area contributed by atoms with Crippen LogP contribution in [0.25, 0.3) is 22.1 Å². The fourth-order valence-corrected chi connectivity index (χ4v) is 2.66. The molecule has 0 amide bonds. The van der Waals surface area contributed by atoms with E-state index >= 15 is 0 Å². The second-order valence-electron chi connectivity index (χ2n) is 8.41. The van der Waals surface area contributed by atoms with Gasteiger partial charge in [0.25, 0.3) is 0 Å². The minimum absolute atomic E-state index is 0.0814. The van der Waals surface area contributed by atoms with Gasteiger partial charge in [-0.05, 0) is 60.8 Å². The minimum Gasteiger partial charge on any atom is -0.243 e. The molecule has 0 radical (unpaired) electrons. The third-order valence-corrected chi connectivity index (χ3v) is 4.21. The lowest BCUT2D eigenvalue weighted by atomic mass is 9.86. The highest BCUT2D eigenvalue weighted by atomic mass is 16.6. The average Bonchev–Trinajstić information content (AvgIpc) is 3.21. The van der Waals surface area contributed by atoms with Crippen molar-refractivity contribution in [3.05, 3.63) is 47.5 Å². The fourth-order valence-electron chi connectivity index (χ4n) is 2.66. The zero-order chi connectivity index (χ0) is 18.9. The van der Waals surface area contributed by atoms with E-state index in [-0.39, 0.29) is 10.8 Å². The monoisotopic (exact) mass is 352 g/mol. The molecule has 4 rings (SSSR count). The van der Waals surface area contributed by atoms with Crippen LogP contribution < -0.4 is 0 Å². The number of hydrogen-bond acceptors (Lipinski definition) is 6. The summed E-state index contributed by atoms with van der Waals surface area (Å²) in [6, 6.07) is 12.0. The summed E-state index contributed by atoms with van der Waals surface area (Å²) in [4.78, 5) is 0. The maximum Gasteiger partial charge on any atom is 0.138 e. The van der Waals surface area contributed by atoms with E-state index in [9.17, 15) is 0 Å². The van der Waals surface area contributed by atoms with Crippen LogP contribution in [0.1, 0.15) is 52.7 Å². The molecule has 0 aliphatic rings. The topological polar surface area (TPSA) is 77.8 Å². The lowest BCUT2D eigenvalue weighted by Gasteiger charge is -2.18. The molecule has 0 fully saturated rings. The zero-order valence-corrected chi connectivity index (χ0v) is 16.1. The van der Waals surface area contributed by atoms with Gasteiger partial charge in [0.1, 0.15) is 22.1 Å². The molecule has 0 aliphatic heterocycles. The van der Waals surface area contributed by atoms with Gasteiger partial charge in [0, 0.05) is 0 Å². The van der Waals surface area contributed by atoms with Crippen LogP contribution in [-0.4, -0.2) is 20.6 Å². The van der Waals surface area contributed by atoms with Crippen LogP contribution in [0.3, 0.4) is 0 Å². The first-order valence-corrected chi connectivity index (χ1v) is 8.61. The largest absolute Gasteiger partial charge is 0.243 e. The first-order valence-electron chi connectivity index (χ1n) is 8.61. The highest BCUT2D eigenvalue weighted by Gasteiger charge is 2.19. The molecule has 0 N–H and O–H groups in total. The standard InChI is InChI=1S/2C10H12N2O/c1-10(2,3)7-4-5-8-9(6-7)12-13-11-8;1-10(2,3)7-5-4-6-8-9(7)12-13-11-8/h2*4-6H,1-3H3. The first-order chi connectivity index (χ1) is 12.2. The minimum atomic E-state index is 0.0814. The number of nitrogens with zero attached hydrogens (tertiary/aromatic N) is 4. The second kappa shape index (κ2) is 6.52. The molecular formula is C20H24N4O2. The number of aromatic nitrogens is 4. The molecule has 2 heterocycles. The van der Waals surface area contributed by atoms with Gasteiger partial charge in [0.05, 0.1) is 0 Å². The molecule has 2 aromatic carbocycles. The molecule has 0 atom stereocenters. The van der Waals surface area contributed by atoms with Crippen LogP contribution in [0.4, 0.5) is 0 Å². The summed E-state index contributed by atoms with van der Waals surface area (Å²) in [6.45, 7) is 13.0. The normalized spacial score (nSPS) is 12.2. The van der Waals surface area contributed by atoms with Gasteiger partial charge in [0.2, 0.25) is 0 Å². The van der Waals surface area contributed by atoms with Gasteiger partial charge in [-0.25, -0.2) is 9.26 Å². The molecular weight excluding hydrogens is 328 g/mol. The molecule has 0 saturated heterocycles. The van der Waals surface area contributed by atoms with Gasteiger partial charge in [-0.15, -0.1) is 0 Å². The van der Waals surface area contributed by atoms with Gasteiger partial charge < -0.3 is 0 Å². The maximum absolute atomic E-state index is 4.70. The van der Waals surface area contributed by atoms with Crippen molar-refractivity contribution in [2.24, 2.45) is 0 Å². The molecule has 0 aliphatic carbocycles. The van der Waals surface area contributed by atoms with E-state index in [2.05, 4.69) is 78.9 Å². The average molecular weight is 352 g/mol. The SMILES string of the molecule is CC(C)(C)c1ccc2nonc2c1.CC(C)(C)c1cccc2nonc12. The molecule has 0 spiro atoms. The van der Waals surface area contributed by atoms with Gasteiger partial charge >= 0.3 is 0 Å². The van der Waals surface area contributed by atoms with E-state index in [4.69, 9.17) is 4.63 Å². The van der Waals surface area contributed by atoms with E-state index < -0.39 is 0 Å². The molecule has 0 saturated carbocycles.